The minimum atomic E-state index is -2.46. The SMILES string of the molecule is CCCC1CCC[N+](C)(C[Si](OC)(OC)OC)C1. The number of hydrogen-bond acceptors (Lipinski definition) is 3. The average molecular weight is 276 g/mol. The van der Waals surface area contributed by atoms with Gasteiger partial charge in [0.2, 0.25) is 0 Å². The highest BCUT2D eigenvalue weighted by Gasteiger charge is 2.48. The van der Waals surface area contributed by atoms with E-state index < -0.39 is 8.80 Å². The van der Waals surface area contributed by atoms with E-state index in [1.165, 1.54) is 38.8 Å². The van der Waals surface area contributed by atoms with Gasteiger partial charge in [-0.3, -0.25) is 0 Å². The first-order chi connectivity index (χ1) is 8.53. The van der Waals surface area contributed by atoms with Crippen molar-refractivity contribution < 1.29 is 17.8 Å². The summed E-state index contributed by atoms with van der Waals surface area (Å²) in [7, 11) is 4.98. The molecule has 1 heterocycles. The highest BCUT2D eigenvalue weighted by molar-refractivity contribution is 6.60. The van der Waals surface area contributed by atoms with Gasteiger partial charge in [-0.15, -0.1) is 0 Å². The second-order valence-corrected chi connectivity index (χ2v) is 8.68. The summed E-state index contributed by atoms with van der Waals surface area (Å²) in [6.45, 7) is 4.72. The molecule has 5 heteroatoms. The molecular weight excluding hydrogens is 246 g/mol. The van der Waals surface area contributed by atoms with Crippen LogP contribution in [0.3, 0.4) is 0 Å². The summed E-state index contributed by atoms with van der Waals surface area (Å²) in [5, 5.41) is 0. The van der Waals surface area contributed by atoms with Crippen LogP contribution in [0, 0.1) is 5.92 Å². The molecule has 108 valence electrons. The summed E-state index contributed by atoms with van der Waals surface area (Å²) in [5.41, 5.74) is 0. The maximum atomic E-state index is 5.58. The minimum absolute atomic E-state index is 0.853. The van der Waals surface area contributed by atoms with Gasteiger partial charge in [0, 0.05) is 27.2 Å². The molecule has 0 radical (unpaired) electrons. The number of likely N-dealkylation sites (tertiary alicyclic amines) is 1. The fraction of sp³-hybridized carbons (Fsp3) is 1.00. The lowest BCUT2D eigenvalue weighted by atomic mass is 9.93. The second kappa shape index (κ2) is 7.00. The van der Waals surface area contributed by atoms with Crippen LogP contribution in [-0.2, 0) is 13.3 Å². The molecule has 4 nitrogen and oxygen atoms in total. The van der Waals surface area contributed by atoms with Crippen molar-refractivity contribution in [2.75, 3.05) is 47.6 Å². The summed E-state index contributed by atoms with van der Waals surface area (Å²) in [6.07, 6.45) is 6.20. The molecule has 2 atom stereocenters. The molecule has 0 N–H and O–H groups in total. The summed E-state index contributed by atoms with van der Waals surface area (Å²) in [4.78, 5) is 0. The molecule has 0 spiro atoms. The second-order valence-electron chi connectivity index (χ2n) is 5.78. The van der Waals surface area contributed by atoms with Crippen molar-refractivity contribution in [1.82, 2.24) is 0 Å². The molecule has 0 amide bonds. The molecule has 18 heavy (non-hydrogen) atoms. The predicted octanol–water partition coefficient (Wildman–Crippen LogP) is 2.06. The number of piperidine rings is 1. The normalized spacial score (nSPS) is 29.5. The Morgan fingerprint density at radius 3 is 2.28 bits per heavy atom. The number of rotatable bonds is 7. The smallest absolute Gasteiger partial charge is 0.374 e. The fourth-order valence-corrected chi connectivity index (χ4v) is 5.38. The largest absolute Gasteiger partial charge is 0.558 e. The summed E-state index contributed by atoms with van der Waals surface area (Å²) in [6, 6.07) is 0. The van der Waals surface area contributed by atoms with Crippen molar-refractivity contribution in [3.05, 3.63) is 0 Å². The van der Waals surface area contributed by atoms with Gasteiger partial charge in [0.25, 0.3) is 0 Å². The van der Waals surface area contributed by atoms with Gasteiger partial charge in [-0.05, 0) is 19.3 Å². The van der Waals surface area contributed by atoms with Gasteiger partial charge in [0.1, 0.15) is 6.17 Å². The van der Waals surface area contributed by atoms with Crippen LogP contribution in [0.5, 0.6) is 0 Å². The van der Waals surface area contributed by atoms with Crippen molar-refractivity contribution in [2.45, 2.75) is 32.6 Å². The number of nitrogens with zero attached hydrogens (tertiary/aromatic N) is 1. The Labute approximate surface area is 113 Å². The molecule has 0 aromatic heterocycles. The molecule has 1 fully saturated rings. The zero-order valence-corrected chi connectivity index (χ0v) is 13.7. The van der Waals surface area contributed by atoms with E-state index in [0.717, 1.165) is 16.6 Å². The quantitative estimate of drug-likeness (QED) is 0.526. The van der Waals surface area contributed by atoms with Gasteiger partial charge in [0.15, 0.2) is 0 Å². The Kier molecular flexibility index (Phi) is 6.27. The van der Waals surface area contributed by atoms with Crippen LogP contribution in [0.15, 0.2) is 0 Å². The first-order valence-corrected chi connectivity index (χ1v) is 8.95. The fourth-order valence-electron chi connectivity index (χ4n) is 3.27. The van der Waals surface area contributed by atoms with Crippen molar-refractivity contribution in [2.24, 2.45) is 5.92 Å². The molecule has 0 aromatic carbocycles. The van der Waals surface area contributed by atoms with E-state index in [9.17, 15) is 0 Å². The topological polar surface area (TPSA) is 27.7 Å². The van der Waals surface area contributed by atoms with Gasteiger partial charge in [-0.2, -0.15) is 0 Å². The lowest BCUT2D eigenvalue weighted by Gasteiger charge is -2.44. The third-order valence-electron chi connectivity index (χ3n) is 4.21. The molecule has 0 saturated carbocycles. The lowest BCUT2D eigenvalue weighted by Crippen LogP contribution is -2.63. The van der Waals surface area contributed by atoms with E-state index in [2.05, 4.69) is 14.0 Å². The number of hydrogen-bond donors (Lipinski definition) is 0. The first kappa shape index (κ1) is 16.1. The highest BCUT2D eigenvalue weighted by Crippen LogP contribution is 2.27. The number of quaternary nitrogens is 1. The summed E-state index contributed by atoms with van der Waals surface area (Å²) >= 11 is 0. The van der Waals surface area contributed by atoms with Crippen LogP contribution in [0.2, 0.25) is 0 Å². The Balaban J connectivity index is 2.67. The van der Waals surface area contributed by atoms with E-state index in [4.69, 9.17) is 13.3 Å². The lowest BCUT2D eigenvalue weighted by molar-refractivity contribution is -0.910. The summed E-state index contributed by atoms with van der Waals surface area (Å²) < 4.78 is 17.8. The monoisotopic (exact) mass is 276 g/mol. The molecule has 1 aliphatic heterocycles. The highest BCUT2D eigenvalue weighted by atomic mass is 28.4. The van der Waals surface area contributed by atoms with E-state index in [0.29, 0.717) is 0 Å². The van der Waals surface area contributed by atoms with Crippen molar-refractivity contribution >= 4 is 8.80 Å². The van der Waals surface area contributed by atoms with Gasteiger partial charge in [-0.1, -0.05) is 13.3 Å². The van der Waals surface area contributed by atoms with Crippen LogP contribution >= 0.6 is 0 Å². The van der Waals surface area contributed by atoms with Crippen LogP contribution in [0.25, 0.3) is 0 Å². The van der Waals surface area contributed by atoms with Gasteiger partial charge in [0.05, 0.1) is 20.1 Å². The Morgan fingerprint density at radius 1 is 1.17 bits per heavy atom. The van der Waals surface area contributed by atoms with Crippen molar-refractivity contribution in [3.63, 3.8) is 0 Å². The third-order valence-corrected chi connectivity index (χ3v) is 7.23. The van der Waals surface area contributed by atoms with Gasteiger partial charge < -0.3 is 17.8 Å². The zero-order valence-electron chi connectivity index (χ0n) is 12.7. The Bertz CT molecular complexity index is 238. The van der Waals surface area contributed by atoms with Crippen LogP contribution in [-0.4, -0.2) is 60.9 Å². The molecule has 0 bridgehead atoms. The van der Waals surface area contributed by atoms with Gasteiger partial charge in [-0.25, -0.2) is 0 Å². The van der Waals surface area contributed by atoms with Crippen LogP contribution < -0.4 is 0 Å². The Hall–Kier alpha value is 0.0569. The summed E-state index contributed by atoms with van der Waals surface area (Å²) in [5.74, 6) is 0.853. The third kappa shape index (κ3) is 4.03. The average Bonchev–Trinajstić information content (AvgIpc) is 2.37. The van der Waals surface area contributed by atoms with E-state index in [1.54, 1.807) is 21.3 Å². The molecule has 0 aliphatic carbocycles. The van der Waals surface area contributed by atoms with Gasteiger partial charge >= 0.3 is 8.80 Å². The molecular formula is C13H30NO3Si+. The maximum absolute atomic E-state index is 5.58. The van der Waals surface area contributed by atoms with E-state index in [1.807, 2.05) is 0 Å². The van der Waals surface area contributed by atoms with Crippen molar-refractivity contribution in [3.8, 4) is 0 Å². The molecule has 1 aliphatic rings. The predicted molar refractivity (Wildman–Crippen MR) is 75.2 cm³/mol. The Morgan fingerprint density at radius 2 is 1.78 bits per heavy atom. The standard InChI is InChI=1S/C13H30NO3Si/c1-6-8-13-9-7-10-14(2,11-13)12-18(15-3,16-4)17-5/h13H,6-12H2,1-5H3/q+1. The zero-order chi connectivity index (χ0) is 13.6. The first-order valence-electron chi connectivity index (χ1n) is 7.02. The minimum Gasteiger partial charge on any atom is -0.374 e. The molecule has 1 rings (SSSR count). The van der Waals surface area contributed by atoms with E-state index >= 15 is 0 Å². The van der Waals surface area contributed by atoms with Crippen LogP contribution in [0.4, 0.5) is 0 Å². The van der Waals surface area contributed by atoms with Crippen molar-refractivity contribution in [1.29, 1.82) is 0 Å². The molecule has 2 unspecified atom stereocenters. The van der Waals surface area contributed by atoms with Crippen LogP contribution in [0.1, 0.15) is 32.6 Å². The van der Waals surface area contributed by atoms with E-state index in [-0.39, 0.29) is 0 Å². The molecule has 1 saturated heterocycles. The molecule has 0 aromatic rings. The maximum Gasteiger partial charge on any atom is 0.558 e.